The standard InChI is InChI=1S/C20H20N2O2S/c1-23-18-9-5-7-16(19(18)24-2)20-21-15(13-25-20)12-22-11-10-14-6-3-4-8-17(14)22/h3-9,13H,10-12H2,1-2H3. The third kappa shape index (κ3) is 2.96. The summed E-state index contributed by atoms with van der Waals surface area (Å²) in [4.78, 5) is 7.24. The van der Waals surface area contributed by atoms with E-state index in [0.717, 1.165) is 47.3 Å². The second-order valence-electron chi connectivity index (χ2n) is 5.99. The molecular formula is C20H20N2O2S. The molecule has 25 heavy (non-hydrogen) atoms. The van der Waals surface area contributed by atoms with E-state index in [0.29, 0.717) is 0 Å². The highest BCUT2D eigenvalue weighted by Gasteiger charge is 2.20. The van der Waals surface area contributed by atoms with E-state index < -0.39 is 0 Å². The highest BCUT2D eigenvalue weighted by molar-refractivity contribution is 7.13. The molecule has 0 radical (unpaired) electrons. The first-order valence-corrected chi connectivity index (χ1v) is 9.16. The minimum absolute atomic E-state index is 0.727. The number of rotatable bonds is 5. The lowest BCUT2D eigenvalue weighted by Gasteiger charge is -2.17. The van der Waals surface area contributed by atoms with Crippen molar-refractivity contribution in [1.82, 2.24) is 4.98 Å². The number of nitrogens with zero attached hydrogens (tertiary/aromatic N) is 2. The van der Waals surface area contributed by atoms with Crippen LogP contribution in [0.25, 0.3) is 10.6 Å². The third-order valence-electron chi connectivity index (χ3n) is 4.52. The van der Waals surface area contributed by atoms with Crippen LogP contribution in [0.5, 0.6) is 11.5 Å². The summed E-state index contributed by atoms with van der Waals surface area (Å²) in [7, 11) is 3.32. The van der Waals surface area contributed by atoms with Crippen molar-refractivity contribution in [2.45, 2.75) is 13.0 Å². The molecule has 4 nitrogen and oxygen atoms in total. The Morgan fingerprint density at radius 2 is 1.96 bits per heavy atom. The minimum Gasteiger partial charge on any atom is -0.493 e. The van der Waals surface area contributed by atoms with Crippen molar-refractivity contribution in [1.29, 1.82) is 0 Å². The van der Waals surface area contributed by atoms with Gasteiger partial charge in [0, 0.05) is 17.6 Å². The van der Waals surface area contributed by atoms with Crippen molar-refractivity contribution in [3.63, 3.8) is 0 Å². The van der Waals surface area contributed by atoms with Crippen molar-refractivity contribution in [3.05, 3.63) is 59.1 Å². The molecule has 0 spiro atoms. The highest BCUT2D eigenvalue weighted by Crippen LogP contribution is 2.39. The van der Waals surface area contributed by atoms with E-state index in [1.807, 2.05) is 18.2 Å². The van der Waals surface area contributed by atoms with E-state index in [1.54, 1.807) is 25.6 Å². The SMILES string of the molecule is COc1cccc(-c2nc(CN3CCc4ccccc43)cs2)c1OC. The zero-order chi connectivity index (χ0) is 17.2. The molecule has 3 aromatic rings. The van der Waals surface area contributed by atoms with Crippen molar-refractivity contribution in [2.24, 2.45) is 0 Å². The van der Waals surface area contributed by atoms with E-state index in [2.05, 4.69) is 34.5 Å². The Morgan fingerprint density at radius 1 is 1.08 bits per heavy atom. The van der Waals surface area contributed by atoms with Crippen LogP contribution in [-0.2, 0) is 13.0 Å². The van der Waals surface area contributed by atoms with E-state index in [4.69, 9.17) is 14.5 Å². The summed E-state index contributed by atoms with van der Waals surface area (Å²) in [6.45, 7) is 1.88. The third-order valence-corrected chi connectivity index (χ3v) is 5.45. The van der Waals surface area contributed by atoms with Crippen LogP contribution in [0.3, 0.4) is 0 Å². The number of methoxy groups -OCH3 is 2. The summed E-state index contributed by atoms with van der Waals surface area (Å²) in [6.07, 6.45) is 1.11. The second kappa shape index (κ2) is 6.76. The maximum absolute atomic E-state index is 5.54. The molecule has 0 aliphatic carbocycles. The van der Waals surface area contributed by atoms with Crippen LogP contribution < -0.4 is 14.4 Å². The Balaban J connectivity index is 1.60. The van der Waals surface area contributed by atoms with Gasteiger partial charge in [-0.05, 0) is 30.2 Å². The molecule has 0 amide bonds. The van der Waals surface area contributed by atoms with Gasteiger partial charge in [-0.3, -0.25) is 0 Å². The smallest absolute Gasteiger partial charge is 0.170 e. The molecule has 4 rings (SSSR count). The van der Waals surface area contributed by atoms with Gasteiger partial charge in [-0.25, -0.2) is 4.98 Å². The molecule has 0 unspecified atom stereocenters. The van der Waals surface area contributed by atoms with Gasteiger partial charge in [-0.2, -0.15) is 0 Å². The molecule has 0 saturated heterocycles. The number of benzene rings is 2. The average Bonchev–Trinajstić information content (AvgIpc) is 3.29. The monoisotopic (exact) mass is 352 g/mol. The number of ether oxygens (including phenoxy) is 2. The fourth-order valence-corrected chi connectivity index (χ4v) is 4.16. The lowest BCUT2D eigenvalue weighted by atomic mass is 10.2. The molecule has 1 aliphatic rings. The van der Waals surface area contributed by atoms with Crippen LogP contribution >= 0.6 is 11.3 Å². The molecule has 1 aliphatic heterocycles. The number of aromatic nitrogens is 1. The number of anilines is 1. The number of thiazole rings is 1. The fraction of sp³-hybridized carbons (Fsp3) is 0.250. The lowest BCUT2D eigenvalue weighted by Crippen LogP contribution is -2.19. The molecule has 2 heterocycles. The topological polar surface area (TPSA) is 34.6 Å². The van der Waals surface area contributed by atoms with E-state index >= 15 is 0 Å². The molecule has 0 fully saturated rings. The first-order valence-electron chi connectivity index (χ1n) is 8.28. The summed E-state index contributed by atoms with van der Waals surface area (Å²) in [5.41, 5.74) is 4.81. The van der Waals surface area contributed by atoms with Gasteiger partial charge in [-0.1, -0.05) is 24.3 Å². The zero-order valence-electron chi connectivity index (χ0n) is 14.4. The molecule has 0 bridgehead atoms. The van der Waals surface area contributed by atoms with Crippen LogP contribution in [0.4, 0.5) is 5.69 Å². The maximum Gasteiger partial charge on any atom is 0.170 e. The molecule has 5 heteroatoms. The number of hydrogen-bond acceptors (Lipinski definition) is 5. The van der Waals surface area contributed by atoms with Gasteiger partial charge >= 0.3 is 0 Å². The molecule has 1 aromatic heterocycles. The molecule has 0 saturated carbocycles. The largest absolute Gasteiger partial charge is 0.493 e. The Labute approximate surface area is 151 Å². The number of para-hydroxylation sites is 2. The van der Waals surface area contributed by atoms with Gasteiger partial charge < -0.3 is 14.4 Å². The maximum atomic E-state index is 5.54. The lowest BCUT2D eigenvalue weighted by molar-refractivity contribution is 0.356. The average molecular weight is 352 g/mol. The van der Waals surface area contributed by atoms with Crippen molar-refractivity contribution >= 4 is 17.0 Å². The van der Waals surface area contributed by atoms with Gasteiger partial charge in [0.2, 0.25) is 0 Å². The first kappa shape index (κ1) is 16.0. The minimum atomic E-state index is 0.727. The predicted molar refractivity (Wildman–Crippen MR) is 102 cm³/mol. The molecular weight excluding hydrogens is 332 g/mol. The van der Waals surface area contributed by atoms with E-state index in [1.165, 1.54) is 11.3 Å². The van der Waals surface area contributed by atoms with Crippen molar-refractivity contribution in [2.75, 3.05) is 25.7 Å². The summed E-state index contributed by atoms with van der Waals surface area (Å²) in [6, 6.07) is 14.5. The van der Waals surface area contributed by atoms with Gasteiger partial charge in [-0.15, -0.1) is 11.3 Å². The zero-order valence-corrected chi connectivity index (χ0v) is 15.2. The van der Waals surface area contributed by atoms with Crippen LogP contribution in [0.1, 0.15) is 11.3 Å². The van der Waals surface area contributed by atoms with Crippen LogP contribution in [0.15, 0.2) is 47.8 Å². The summed E-state index contributed by atoms with van der Waals surface area (Å²) >= 11 is 1.64. The quantitative estimate of drug-likeness (QED) is 0.682. The molecule has 0 atom stereocenters. The van der Waals surface area contributed by atoms with Gasteiger partial charge in [0.25, 0.3) is 0 Å². The molecule has 128 valence electrons. The molecule has 0 N–H and O–H groups in total. The van der Waals surface area contributed by atoms with Crippen LogP contribution in [0.2, 0.25) is 0 Å². The normalized spacial score (nSPS) is 13.0. The summed E-state index contributed by atoms with van der Waals surface area (Å²) in [5.74, 6) is 1.46. The number of hydrogen-bond donors (Lipinski definition) is 0. The van der Waals surface area contributed by atoms with Gasteiger partial charge in [0.15, 0.2) is 11.5 Å². The Hall–Kier alpha value is -2.53. The van der Waals surface area contributed by atoms with Crippen LogP contribution in [0, 0.1) is 0 Å². The number of fused-ring (bicyclic) bond motifs is 1. The van der Waals surface area contributed by atoms with Crippen molar-refractivity contribution in [3.8, 4) is 22.1 Å². The van der Waals surface area contributed by atoms with Crippen LogP contribution in [-0.4, -0.2) is 25.7 Å². The van der Waals surface area contributed by atoms with Gasteiger partial charge in [0.05, 0.1) is 32.0 Å². The molecule has 2 aromatic carbocycles. The Kier molecular flexibility index (Phi) is 4.32. The second-order valence-corrected chi connectivity index (χ2v) is 6.84. The summed E-state index contributed by atoms with van der Waals surface area (Å²) < 4.78 is 10.9. The highest BCUT2D eigenvalue weighted by atomic mass is 32.1. The fourth-order valence-electron chi connectivity index (χ4n) is 3.33. The predicted octanol–water partition coefficient (Wildman–Crippen LogP) is 4.39. The van der Waals surface area contributed by atoms with E-state index in [9.17, 15) is 0 Å². The first-order chi connectivity index (χ1) is 12.3. The van der Waals surface area contributed by atoms with Gasteiger partial charge in [0.1, 0.15) is 5.01 Å². The van der Waals surface area contributed by atoms with Crippen molar-refractivity contribution < 1.29 is 9.47 Å². The Morgan fingerprint density at radius 3 is 2.80 bits per heavy atom. The summed E-state index contributed by atoms with van der Waals surface area (Å²) in [5, 5.41) is 3.09. The van der Waals surface area contributed by atoms with E-state index in [-0.39, 0.29) is 0 Å². The Bertz CT molecular complexity index is 891.